The van der Waals surface area contributed by atoms with Crippen molar-refractivity contribution in [2.24, 2.45) is 0 Å². The number of phosphoric acid groups is 1. The van der Waals surface area contributed by atoms with E-state index in [0.29, 0.717) is 17.4 Å². The van der Waals surface area contributed by atoms with Gasteiger partial charge >= 0.3 is 7.82 Å². The van der Waals surface area contributed by atoms with Crippen molar-refractivity contribution >= 4 is 13.7 Å². The average molecular weight is 1140 g/mol. The topological polar surface area (TPSA) is 105 Å². The minimum Gasteiger partial charge on any atom is -0.387 e. The number of quaternary nitrogens is 1. The quantitative estimate of drug-likeness (QED) is 0.0243. The fourth-order valence-corrected chi connectivity index (χ4v) is 11.0. The van der Waals surface area contributed by atoms with Gasteiger partial charge in [-0.05, 0) is 77.0 Å². The van der Waals surface area contributed by atoms with Gasteiger partial charge in [-0.3, -0.25) is 13.8 Å². The zero-order chi connectivity index (χ0) is 58.4. The van der Waals surface area contributed by atoms with Gasteiger partial charge in [0.1, 0.15) is 13.2 Å². The second-order valence-electron chi connectivity index (χ2n) is 24.9. The van der Waals surface area contributed by atoms with Gasteiger partial charge in [-0.25, -0.2) is 4.57 Å². The molecule has 0 saturated carbocycles. The van der Waals surface area contributed by atoms with E-state index in [1.807, 2.05) is 27.2 Å². The van der Waals surface area contributed by atoms with Gasteiger partial charge in [0.15, 0.2) is 0 Å². The summed E-state index contributed by atoms with van der Waals surface area (Å²) in [4.78, 5) is 23.4. The number of nitrogens with one attached hydrogen (secondary N) is 1. The monoisotopic (exact) mass is 1140 g/mol. The predicted octanol–water partition coefficient (Wildman–Crippen LogP) is 22.0. The first-order valence-electron chi connectivity index (χ1n) is 34.7. The van der Waals surface area contributed by atoms with Gasteiger partial charge in [0, 0.05) is 6.42 Å². The molecular formula is C71H136N2O6P+. The zero-order valence-corrected chi connectivity index (χ0v) is 54.7. The van der Waals surface area contributed by atoms with Gasteiger partial charge in [-0.15, -0.1) is 0 Å². The molecule has 0 aromatic carbocycles. The van der Waals surface area contributed by atoms with E-state index in [4.69, 9.17) is 9.05 Å². The highest BCUT2D eigenvalue weighted by Crippen LogP contribution is 2.43. The van der Waals surface area contributed by atoms with E-state index in [2.05, 4.69) is 67.8 Å². The van der Waals surface area contributed by atoms with Crippen LogP contribution in [0.5, 0.6) is 0 Å². The maximum absolute atomic E-state index is 13.0. The number of allylic oxidation sites excluding steroid dienone is 9. The Morgan fingerprint density at radius 3 is 1.07 bits per heavy atom. The van der Waals surface area contributed by atoms with E-state index in [9.17, 15) is 19.4 Å². The number of hydrogen-bond acceptors (Lipinski definition) is 5. The van der Waals surface area contributed by atoms with E-state index >= 15 is 0 Å². The molecule has 0 aliphatic carbocycles. The van der Waals surface area contributed by atoms with Crippen LogP contribution in [-0.2, 0) is 18.4 Å². The number of unbranched alkanes of at least 4 members (excludes halogenated alkanes) is 43. The van der Waals surface area contributed by atoms with Crippen LogP contribution in [-0.4, -0.2) is 73.4 Å². The standard InChI is InChI=1S/C71H135N2O6P/c1-6-8-10-12-14-16-18-20-22-24-26-27-28-29-30-31-32-33-34-35-36-37-38-39-40-41-42-43-44-45-47-49-51-53-55-57-59-61-63-65-71(75)72-69(68-79-80(76,77)78-67-66-73(3,4)5)70(74)64-62-60-58-56-54-52-50-48-46-25-23-21-19-17-15-13-11-9-7-2/h32-33,35-36,46,48,54,56,62,64,69-70,74H,6-31,34,37-45,47,49-53,55,57-61,63,65-68H2,1-5H3,(H-,72,75,76,77)/p+1/b33-32-,36-35-,48-46+,56-54+,64-62+. The van der Waals surface area contributed by atoms with Crippen LogP contribution < -0.4 is 5.32 Å². The third-order valence-electron chi connectivity index (χ3n) is 15.7. The Bertz CT molecular complexity index is 1490. The normalized spacial score (nSPS) is 14.0. The van der Waals surface area contributed by atoms with Crippen LogP contribution in [0.3, 0.4) is 0 Å². The lowest BCUT2D eigenvalue weighted by Crippen LogP contribution is -2.45. The summed E-state index contributed by atoms with van der Waals surface area (Å²) in [5.41, 5.74) is 0. The molecule has 0 radical (unpaired) electrons. The molecule has 0 fully saturated rings. The summed E-state index contributed by atoms with van der Waals surface area (Å²) in [6.07, 6.45) is 85.3. The van der Waals surface area contributed by atoms with E-state index in [1.54, 1.807) is 6.08 Å². The van der Waals surface area contributed by atoms with Gasteiger partial charge in [-0.1, -0.05) is 312 Å². The third-order valence-corrected chi connectivity index (χ3v) is 16.7. The summed E-state index contributed by atoms with van der Waals surface area (Å²) in [6.45, 7) is 4.82. The van der Waals surface area contributed by atoms with Gasteiger partial charge in [-0.2, -0.15) is 0 Å². The molecule has 8 nitrogen and oxygen atoms in total. The minimum atomic E-state index is -4.36. The molecule has 0 rings (SSSR count). The Hall–Kier alpha value is -1.80. The van der Waals surface area contributed by atoms with Gasteiger partial charge in [0.2, 0.25) is 5.91 Å². The summed E-state index contributed by atoms with van der Waals surface area (Å²) < 4.78 is 23.7. The van der Waals surface area contributed by atoms with Crippen LogP contribution in [0.2, 0.25) is 0 Å². The Balaban J connectivity index is 4.00. The fourth-order valence-electron chi connectivity index (χ4n) is 10.3. The summed E-state index contributed by atoms with van der Waals surface area (Å²) in [5.74, 6) is -0.188. The molecule has 0 aromatic heterocycles. The highest BCUT2D eigenvalue weighted by Gasteiger charge is 2.28. The third kappa shape index (κ3) is 63.8. The van der Waals surface area contributed by atoms with Crippen molar-refractivity contribution in [3.8, 4) is 0 Å². The van der Waals surface area contributed by atoms with Crippen LogP contribution in [0.25, 0.3) is 0 Å². The first-order chi connectivity index (χ1) is 39.0. The largest absolute Gasteiger partial charge is 0.472 e. The van der Waals surface area contributed by atoms with Crippen LogP contribution in [0.4, 0.5) is 0 Å². The van der Waals surface area contributed by atoms with Crippen molar-refractivity contribution in [3.05, 3.63) is 60.8 Å². The predicted molar refractivity (Wildman–Crippen MR) is 350 cm³/mol. The summed E-state index contributed by atoms with van der Waals surface area (Å²) in [6, 6.07) is -0.872. The molecule has 9 heteroatoms. The molecule has 0 aliphatic rings. The number of aliphatic hydroxyl groups excluding tert-OH is 1. The second-order valence-corrected chi connectivity index (χ2v) is 26.3. The molecule has 0 spiro atoms. The van der Waals surface area contributed by atoms with Crippen LogP contribution in [0.15, 0.2) is 60.8 Å². The van der Waals surface area contributed by atoms with Crippen molar-refractivity contribution in [1.82, 2.24) is 5.32 Å². The Morgan fingerprint density at radius 2 is 0.725 bits per heavy atom. The molecule has 0 saturated heterocycles. The van der Waals surface area contributed by atoms with Gasteiger partial charge in [0.05, 0.1) is 39.9 Å². The highest BCUT2D eigenvalue weighted by atomic mass is 31.2. The lowest BCUT2D eigenvalue weighted by molar-refractivity contribution is -0.870. The second kappa shape index (κ2) is 61.8. The van der Waals surface area contributed by atoms with E-state index in [-0.39, 0.29) is 19.1 Å². The number of carbonyl (C=O) groups excluding carboxylic acids is 1. The molecule has 3 N–H and O–H groups in total. The van der Waals surface area contributed by atoms with Crippen molar-refractivity contribution in [3.63, 3.8) is 0 Å². The SMILES string of the molecule is CCCCCCCCCCC/C=C/CC/C=C/CC/C=C/C(O)C(COP(=O)(O)OCC[N+](C)(C)C)NC(=O)CCCCCCCCCCCCCCCCCCC/C=C\C/C=C\CCCCCCCCCCCCCCCCC. The molecule has 3 atom stereocenters. The van der Waals surface area contributed by atoms with Crippen LogP contribution in [0.1, 0.15) is 335 Å². The lowest BCUT2D eigenvalue weighted by Gasteiger charge is -2.25. The molecular weight excluding hydrogens is 1010 g/mol. The summed E-state index contributed by atoms with van der Waals surface area (Å²) in [7, 11) is 1.55. The van der Waals surface area contributed by atoms with Crippen LogP contribution in [0, 0.1) is 0 Å². The van der Waals surface area contributed by atoms with Crippen molar-refractivity contribution in [2.45, 2.75) is 347 Å². The molecule has 0 aliphatic heterocycles. The summed E-state index contributed by atoms with van der Waals surface area (Å²) in [5, 5.41) is 13.9. The van der Waals surface area contributed by atoms with Crippen molar-refractivity contribution in [1.29, 1.82) is 0 Å². The number of hydrogen-bond donors (Lipinski definition) is 3. The van der Waals surface area contributed by atoms with Crippen LogP contribution >= 0.6 is 7.82 Å². The van der Waals surface area contributed by atoms with E-state index < -0.39 is 20.0 Å². The highest BCUT2D eigenvalue weighted by molar-refractivity contribution is 7.47. The number of aliphatic hydroxyl groups is 1. The molecule has 3 unspecified atom stereocenters. The molecule has 0 aromatic rings. The summed E-state index contributed by atoms with van der Waals surface area (Å²) >= 11 is 0. The van der Waals surface area contributed by atoms with Crippen molar-refractivity contribution < 1.29 is 32.9 Å². The molecule has 470 valence electrons. The number of nitrogens with zero attached hydrogens (tertiary/aromatic N) is 1. The van der Waals surface area contributed by atoms with E-state index in [0.717, 1.165) is 51.4 Å². The number of phosphoric ester groups is 1. The molecule has 1 amide bonds. The number of rotatable bonds is 64. The zero-order valence-electron chi connectivity index (χ0n) is 53.8. The maximum atomic E-state index is 13.0. The molecule has 80 heavy (non-hydrogen) atoms. The molecule has 0 heterocycles. The lowest BCUT2D eigenvalue weighted by atomic mass is 10.0. The smallest absolute Gasteiger partial charge is 0.387 e. The Labute approximate surface area is 498 Å². The average Bonchev–Trinajstić information content (AvgIpc) is 3.42. The van der Waals surface area contributed by atoms with E-state index in [1.165, 1.54) is 263 Å². The van der Waals surface area contributed by atoms with Gasteiger partial charge in [0.25, 0.3) is 0 Å². The van der Waals surface area contributed by atoms with Crippen molar-refractivity contribution in [2.75, 3.05) is 40.9 Å². The first-order valence-corrected chi connectivity index (χ1v) is 36.2. The van der Waals surface area contributed by atoms with Gasteiger partial charge < -0.3 is 19.8 Å². The number of likely N-dealkylation sites (N-methyl/N-ethyl adjacent to an activating group) is 1. The first kappa shape index (κ1) is 78.2. The maximum Gasteiger partial charge on any atom is 0.472 e. The minimum absolute atomic E-state index is 0.0530. The number of carbonyl (C=O) groups is 1. The Kier molecular flexibility index (Phi) is 60.4. The Morgan fingerprint density at radius 1 is 0.425 bits per heavy atom. The molecule has 0 bridgehead atoms. The fraction of sp³-hybridized carbons (Fsp3) is 0.845. The number of amides is 1.